The van der Waals surface area contributed by atoms with E-state index in [0.29, 0.717) is 5.52 Å². The Hall–Kier alpha value is -4.25. The van der Waals surface area contributed by atoms with E-state index in [1.54, 1.807) is 24.3 Å². The van der Waals surface area contributed by atoms with E-state index in [4.69, 9.17) is 9.88 Å². The normalized spacial score (nSPS) is 11.5. The smallest absolute Gasteiger partial charge is 0.437 e. The largest absolute Gasteiger partial charge is 0.573 e. The highest BCUT2D eigenvalue weighted by molar-refractivity contribution is 7.89. The molecular weight excluding hydrogens is 485 g/mol. The molecule has 0 saturated heterocycles. The molecule has 4 rings (SSSR count). The molecule has 2 N–H and O–H groups in total. The zero-order chi connectivity index (χ0) is 25.1. The average Bonchev–Trinajstić information content (AvgIpc) is 2.79. The number of aliphatic imine (C=N–C) groups is 2. The molecule has 0 aliphatic rings. The highest BCUT2D eigenvalue weighted by Crippen LogP contribution is 2.34. The van der Waals surface area contributed by atoms with Crippen LogP contribution in [-0.2, 0) is 10.0 Å². The first-order chi connectivity index (χ1) is 16.6. The van der Waals surface area contributed by atoms with Gasteiger partial charge in [0.15, 0.2) is 0 Å². The molecule has 0 amide bonds. The van der Waals surface area contributed by atoms with E-state index < -0.39 is 22.1 Å². The van der Waals surface area contributed by atoms with Crippen molar-refractivity contribution in [2.24, 2.45) is 15.1 Å². The number of benzene rings is 3. The molecule has 0 saturated carbocycles. The minimum Gasteiger partial charge on any atom is -0.437 e. The van der Waals surface area contributed by atoms with Crippen LogP contribution in [0.2, 0.25) is 0 Å². The van der Waals surface area contributed by atoms with E-state index >= 15 is 0 Å². The molecule has 0 aliphatic carbocycles. The zero-order valence-corrected chi connectivity index (χ0v) is 18.4. The summed E-state index contributed by atoms with van der Waals surface area (Å²) in [6.45, 7) is 0. The van der Waals surface area contributed by atoms with E-state index in [1.165, 1.54) is 36.4 Å². The Labute approximate surface area is 197 Å². The van der Waals surface area contributed by atoms with Crippen LogP contribution in [0.5, 0.6) is 17.4 Å². The second kappa shape index (κ2) is 9.55. The maximum Gasteiger partial charge on any atom is 0.573 e. The van der Waals surface area contributed by atoms with E-state index in [9.17, 15) is 21.6 Å². The molecule has 4 aromatic rings. The van der Waals surface area contributed by atoms with Crippen molar-refractivity contribution >= 4 is 38.3 Å². The summed E-state index contributed by atoms with van der Waals surface area (Å²) in [6.07, 6.45) is -4.81. The zero-order valence-electron chi connectivity index (χ0n) is 17.6. The van der Waals surface area contributed by atoms with Gasteiger partial charge in [-0.2, -0.15) is 9.98 Å². The lowest BCUT2D eigenvalue weighted by Crippen LogP contribution is -2.16. The van der Waals surface area contributed by atoms with Gasteiger partial charge in [0.05, 0.1) is 16.1 Å². The fourth-order valence-corrected chi connectivity index (χ4v) is 3.48. The summed E-state index contributed by atoms with van der Waals surface area (Å²) in [5.74, 6) is -0.158. The molecule has 0 aliphatic heterocycles. The van der Waals surface area contributed by atoms with Crippen molar-refractivity contribution in [3.05, 3.63) is 78.9 Å². The number of aromatic nitrogens is 1. The number of rotatable bonds is 6. The molecule has 8 nitrogen and oxygen atoms in total. The monoisotopic (exact) mass is 500 g/mol. The summed E-state index contributed by atoms with van der Waals surface area (Å²) >= 11 is 0. The average molecular weight is 500 g/mol. The molecule has 12 heteroatoms. The van der Waals surface area contributed by atoms with Gasteiger partial charge in [0, 0.05) is 5.39 Å². The van der Waals surface area contributed by atoms with Gasteiger partial charge in [-0.25, -0.2) is 18.5 Å². The summed E-state index contributed by atoms with van der Waals surface area (Å²) in [4.78, 5) is 12.5. The predicted octanol–water partition coefficient (Wildman–Crippen LogP) is 5.71. The molecule has 3 aromatic carbocycles. The lowest BCUT2D eigenvalue weighted by Gasteiger charge is -2.11. The number of sulfonamides is 1. The lowest BCUT2D eigenvalue weighted by molar-refractivity contribution is -0.274. The van der Waals surface area contributed by atoms with E-state index in [-0.39, 0.29) is 27.9 Å². The first kappa shape index (κ1) is 23.9. The first-order valence-electron chi connectivity index (χ1n) is 9.80. The molecular formula is C23H15F3N4O4S. The molecule has 0 unspecified atom stereocenters. The second-order valence-electron chi connectivity index (χ2n) is 6.99. The van der Waals surface area contributed by atoms with Gasteiger partial charge >= 0.3 is 6.36 Å². The second-order valence-corrected chi connectivity index (χ2v) is 8.55. The van der Waals surface area contributed by atoms with Crippen LogP contribution in [-0.4, -0.2) is 25.8 Å². The minimum absolute atomic E-state index is 0.0502. The third-order valence-electron chi connectivity index (χ3n) is 4.44. The standard InChI is InChI=1S/C23H15F3N4O4S/c24-23(25,26)34-18-10-8-17(9-11-18)33-22-21(12-15-4-1-2-7-20(15)30-22)29-14-28-16-5-3-6-19(13-16)35(27,31)32/h1-13H,(H2,27,31,32). The summed E-state index contributed by atoms with van der Waals surface area (Å²) < 4.78 is 69.8. The van der Waals surface area contributed by atoms with E-state index in [2.05, 4.69) is 25.7 Å². The minimum atomic E-state index is -4.81. The van der Waals surface area contributed by atoms with Crippen LogP contribution in [0.4, 0.5) is 24.5 Å². The summed E-state index contributed by atoms with van der Waals surface area (Å²) in [5, 5.41) is 5.87. The Kier molecular flexibility index (Phi) is 6.52. The van der Waals surface area contributed by atoms with Gasteiger partial charge in [-0.3, -0.25) is 0 Å². The highest BCUT2D eigenvalue weighted by Gasteiger charge is 2.31. The summed E-state index contributed by atoms with van der Waals surface area (Å²) in [5.41, 5.74) is 1.07. The van der Waals surface area contributed by atoms with Crippen LogP contribution in [0.25, 0.3) is 10.9 Å². The fourth-order valence-electron chi connectivity index (χ4n) is 2.93. The number of alkyl halides is 3. The van der Waals surface area contributed by atoms with Crippen LogP contribution in [0, 0.1) is 0 Å². The van der Waals surface area contributed by atoms with Gasteiger partial charge in [0.1, 0.15) is 23.2 Å². The highest BCUT2D eigenvalue weighted by atomic mass is 32.2. The van der Waals surface area contributed by atoms with Crippen LogP contribution < -0.4 is 14.6 Å². The number of para-hydroxylation sites is 1. The molecule has 0 bridgehead atoms. The van der Waals surface area contributed by atoms with Crippen molar-refractivity contribution in [1.82, 2.24) is 4.98 Å². The van der Waals surface area contributed by atoms with Crippen molar-refractivity contribution in [2.75, 3.05) is 0 Å². The van der Waals surface area contributed by atoms with Crippen LogP contribution in [0.3, 0.4) is 0 Å². The number of nitrogens with two attached hydrogens (primary N) is 1. The van der Waals surface area contributed by atoms with Crippen LogP contribution >= 0.6 is 0 Å². The number of primary sulfonamides is 1. The summed E-state index contributed by atoms with van der Waals surface area (Å²) in [7, 11) is -3.90. The number of pyridine rings is 1. The third kappa shape index (κ3) is 6.42. The van der Waals surface area contributed by atoms with Crippen molar-refractivity contribution in [1.29, 1.82) is 0 Å². The third-order valence-corrected chi connectivity index (χ3v) is 5.35. The lowest BCUT2D eigenvalue weighted by atomic mass is 10.2. The van der Waals surface area contributed by atoms with Crippen LogP contribution in [0.1, 0.15) is 0 Å². The van der Waals surface area contributed by atoms with Gasteiger partial charge in [0.25, 0.3) is 0 Å². The molecule has 1 aromatic heterocycles. The summed E-state index contributed by atoms with van der Waals surface area (Å²) in [6, 6.07) is 21.7. The first-order valence-corrected chi connectivity index (χ1v) is 11.3. The van der Waals surface area contributed by atoms with E-state index in [1.807, 2.05) is 6.07 Å². The number of ether oxygens (including phenoxy) is 2. The van der Waals surface area contributed by atoms with E-state index in [0.717, 1.165) is 17.5 Å². The number of fused-ring (bicyclic) bond motifs is 1. The quantitative estimate of drug-likeness (QED) is 0.341. The molecule has 0 radical (unpaired) electrons. The van der Waals surface area contributed by atoms with Gasteiger partial charge in [-0.15, -0.1) is 13.2 Å². The Morgan fingerprint density at radius 2 is 1.60 bits per heavy atom. The molecule has 1 heterocycles. The predicted molar refractivity (Wildman–Crippen MR) is 122 cm³/mol. The molecule has 0 fully saturated rings. The molecule has 178 valence electrons. The SMILES string of the molecule is NS(=O)(=O)c1cccc(N=C=Nc2cc3ccccc3nc2Oc2ccc(OC(F)(F)F)cc2)c1. The number of halogens is 3. The topological polar surface area (TPSA) is 116 Å². The maximum atomic E-state index is 12.4. The maximum absolute atomic E-state index is 12.4. The number of hydrogen-bond donors (Lipinski definition) is 1. The Morgan fingerprint density at radius 1 is 0.886 bits per heavy atom. The molecule has 0 atom stereocenters. The fraction of sp³-hybridized carbons (Fsp3) is 0.0435. The van der Waals surface area contributed by atoms with Gasteiger partial charge in [-0.1, -0.05) is 24.3 Å². The van der Waals surface area contributed by atoms with Gasteiger partial charge < -0.3 is 9.47 Å². The van der Waals surface area contributed by atoms with Crippen LogP contribution in [0.15, 0.2) is 93.7 Å². The van der Waals surface area contributed by atoms with Gasteiger partial charge in [0.2, 0.25) is 15.9 Å². The number of hydrogen-bond acceptors (Lipinski definition) is 7. The van der Waals surface area contributed by atoms with Gasteiger partial charge in [-0.05, 0) is 54.6 Å². The number of nitrogens with zero attached hydrogens (tertiary/aromatic N) is 3. The Balaban J connectivity index is 1.67. The van der Waals surface area contributed by atoms with Crippen molar-refractivity contribution < 1.29 is 31.1 Å². The van der Waals surface area contributed by atoms with Crippen molar-refractivity contribution in [2.45, 2.75) is 11.3 Å². The molecule has 0 spiro atoms. The Bertz CT molecular complexity index is 1550. The van der Waals surface area contributed by atoms with Crippen molar-refractivity contribution in [3.63, 3.8) is 0 Å². The molecule has 35 heavy (non-hydrogen) atoms. The van der Waals surface area contributed by atoms with Crippen molar-refractivity contribution in [3.8, 4) is 17.4 Å². The Morgan fingerprint density at radius 3 is 2.31 bits per heavy atom.